The molecule has 0 saturated carbocycles. The van der Waals surface area contributed by atoms with E-state index in [0.717, 1.165) is 39.3 Å². The van der Waals surface area contributed by atoms with Crippen LogP contribution in [0.4, 0.5) is 0 Å². The lowest BCUT2D eigenvalue weighted by atomic mass is 9.98. The van der Waals surface area contributed by atoms with Crippen molar-refractivity contribution in [3.05, 3.63) is 35.4 Å². The minimum Gasteiger partial charge on any atom is -0.379 e. The Kier molecular flexibility index (Phi) is 3.20. The molecule has 0 radical (unpaired) electrons. The third-order valence-electron chi connectivity index (χ3n) is 3.51. The summed E-state index contributed by atoms with van der Waals surface area (Å²) in [5, 5.41) is 0. The maximum absolute atomic E-state index is 5.37. The fourth-order valence-corrected chi connectivity index (χ4v) is 2.53. The van der Waals surface area contributed by atoms with Crippen LogP contribution in [0.5, 0.6) is 0 Å². The van der Waals surface area contributed by atoms with Crippen LogP contribution in [0.25, 0.3) is 0 Å². The highest BCUT2D eigenvalue weighted by atomic mass is 16.5. The molecular formula is C14H18N2O. The topological polar surface area (TPSA) is 24.8 Å². The van der Waals surface area contributed by atoms with E-state index in [-0.39, 0.29) is 0 Å². The molecular weight excluding hydrogens is 212 g/mol. The average Bonchev–Trinajstić information content (AvgIpc) is 2.40. The Morgan fingerprint density at radius 1 is 1.24 bits per heavy atom. The number of nitrogens with zero attached hydrogens (tertiary/aromatic N) is 2. The van der Waals surface area contributed by atoms with Crippen LogP contribution in [0.15, 0.2) is 29.3 Å². The van der Waals surface area contributed by atoms with E-state index in [1.165, 1.54) is 11.1 Å². The smallest absolute Gasteiger partial charge is 0.0667 e. The first-order chi connectivity index (χ1) is 8.42. The number of fused-ring (bicyclic) bond motifs is 1. The van der Waals surface area contributed by atoms with Crippen LogP contribution < -0.4 is 0 Å². The van der Waals surface area contributed by atoms with Crippen LogP contribution >= 0.6 is 0 Å². The Labute approximate surface area is 102 Å². The zero-order valence-electron chi connectivity index (χ0n) is 10.0. The molecule has 1 saturated heterocycles. The Hall–Kier alpha value is -1.19. The summed E-state index contributed by atoms with van der Waals surface area (Å²) in [6.45, 7) is 4.90. The summed E-state index contributed by atoms with van der Waals surface area (Å²) in [6, 6.07) is 8.97. The van der Waals surface area contributed by atoms with Crippen LogP contribution in [0.2, 0.25) is 0 Å². The van der Waals surface area contributed by atoms with Gasteiger partial charge in [0.15, 0.2) is 0 Å². The molecule has 90 valence electrons. The van der Waals surface area contributed by atoms with Gasteiger partial charge in [0.2, 0.25) is 0 Å². The summed E-state index contributed by atoms with van der Waals surface area (Å²) in [7, 11) is 0. The number of aliphatic imine (C=N–C) groups is 1. The van der Waals surface area contributed by atoms with Crippen molar-refractivity contribution in [1.29, 1.82) is 0 Å². The van der Waals surface area contributed by atoms with E-state index in [1.807, 2.05) is 6.21 Å². The molecule has 2 aliphatic rings. The first-order valence-electron chi connectivity index (χ1n) is 6.33. The van der Waals surface area contributed by atoms with E-state index in [4.69, 9.17) is 4.74 Å². The van der Waals surface area contributed by atoms with Crippen LogP contribution in [-0.2, 0) is 11.2 Å². The summed E-state index contributed by atoms with van der Waals surface area (Å²) in [6.07, 6.45) is 3.11. The molecule has 2 aliphatic heterocycles. The largest absolute Gasteiger partial charge is 0.379 e. The molecule has 0 amide bonds. The van der Waals surface area contributed by atoms with Crippen molar-refractivity contribution >= 4 is 6.21 Å². The number of benzene rings is 1. The van der Waals surface area contributed by atoms with Crippen LogP contribution in [0.1, 0.15) is 11.1 Å². The first-order valence-corrected chi connectivity index (χ1v) is 6.33. The van der Waals surface area contributed by atoms with Gasteiger partial charge in [-0.15, -0.1) is 0 Å². The molecule has 3 nitrogen and oxygen atoms in total. The van der Waals surface area contributed by atoms with Gasteiger partial charge in [-0.1, -0.05) is 24.3 Å². The summed E-state index contributed by atoms with van der Waals surface area (Å²) < 4.78 is 5.37. The Morgan fingerprint density at radius 3 is 2.94 bits per heavy atom. The molecule has 3 heteroatoms. The van der Waals surface area contributed by atoms with E-state index in [1.54, 1.807) is 0 Å². The highest BCUT2D eigenvalue weighted by Crippen LogP contribution is 2.16. The third kappa shape index (κ3) is 2.56. The number of hydrogen-bond acceptors (Lipinski definition) is 3. The molecule has 17 heavy (non-hydrogen) atoms. The number of hydrogen-bond donors (Lipinski definition) is 0. The molecule has 1 atom stereocenters. The van der Waals surface area contributed by atoms with Crippen LogP contribution in [-0.4, -0.2) is 50.0 Å². The monoisotopic (exact) mass is 230 g/mol. The second-order valence-electron chi connectivity index (χ2n) is 4.75. The second kappa shape index (κ2) is 4.98. The molecule has 0 aliphatic carbocycles. The predicted octanol–water partition coefficient (Wildman–Crippen LogP) is 1.36. The Balaban J connectivity index is 1.64. The van der Waals surface area contributed by atoms with Gasteiger partial charge in [0.25, 0.3) is 0 Å². The molecule has 1 fully saturated rings. The maximum Gasteiger partial charge on any atom is 0.0667 e. The van der Waals surface area contributed by atoms with Crippen molar-refractivity contribution in [2.24, 2.45) is 4.99 Å². The molecule has 0 bridgehead atoms. The molecule has 3 rings (SSSR count). The van der Waals surface area contributed by atoms with Gasteiger partial charge in [-0.25, -0.2) is 0 Å². The summed E-state index contributed by atoms with van der Waals surface area (Å²) in [4.78, 5) is 7.12. The zero-order chi connectivity index (χ0) is 11.5. The minimum absolute atomic E-state index is 0.419. The number of morpholine rings is 1. The minimum atomic E-state index is 0.419. The molecule has 0 aromatic heterocycles. The highest BCUT2D eigenvalue weighted by Gasteiger charge is 2.19. The van der Waals surface area contributed by atoms with E-state index in [9.17, 15) is 0 Å². The zero-order valence-corrected chi connectivity index (χ0v) is 10.0. The Bertz CT molecular complexity index is 410. The lowest BCUT2D eigenvalue weighted by Crippen LogP contribution is -2.41. The van der Waals surface area contributed by atoms with Gasteiger partial charge < -0.3 is 4.74 Å². The second-order valence-corrected chi connectivity index (χ2v) is 4.75. The lowest BCUT2D eigenvalue weighted by molar-refractivity contribution is 0.0354. The van der Waals surface area contributed by atoms with Gasteiger partial charge >= 0.3 is 0 Å². The lowest BCUT2D eigenvalue weighted by Gasteiger charge is -2.30. The fourth-order valence-electron chi connectivity index (χ4n) is 2.53. The quantitative estimate of drug-likeness (QED) is 0.766. The fraction of sp³-hybridized carbons (Fsp3) is 0.500. The molecule has 0 spiro atoms. The Morgan fingerprint density at radius 2 is 2.06 bits per heavy atom. The van der Waals surface area contributed by atoms with Crippen molar-refractivity contribution in [3.8, 4) is 0 Å². The van der Waals surface area contributed by atoms with Gasteiger partial charge in [0.1, 0.15) is 0 Å². The van der Waals surface area contributed by atoms with Gasteiger partial charge in [-0.3, -0.25) is 9.89 Å². The first kappa shape index (κ1) is 10.9. The molecule has 2 heterocycles. The number of rotatable bonds is 2. The van der Waals surface area contributed by atoms with E-state index < -0.39 is 0 Å². The van der Waals surface area contributed by atoms with E-state index in [2.05, 4.69) is 34.2 Å². The van der Waals surface area contributed by atoms with E-state index >= 15 is 0 Å². The summed E-state index contributed by atoms with van der Waals surface area (Å²) >= 11 is 0. The van der Waals surface area contributed by atoms with Crippen LogP contribution in [0.3, 0.4) is 0 Å². The molecule has 0 unspecified atom stereocenters. The SMILES string of the molecule is C1=N[C@@H](CN2CCOCC2)Cc2ccccc21. The molecule has 1 aromatic rings. The average molecular weight is 230 g/mol. The van der Waals surface area contributed by atoms with Gasteiger partial charge in [-0.2, -0.15) is 0 Å². The number of ether oxygens (including phenoxy) is 1. The third-order valence-corrected chi connectivity index (χ3v) is 3.51. The van der Waals surface area contributed by atoms with E-state index in [0.29, 0.717) is 6.04 Å². The predicted molar refractivity (Wildman–Crippen MR) is 68.8 cm³/mol. The highest BCUT2D eigenvalue weighted by molar-refractivity contribution is 5.83. The van der Waals surface area contributed by atoms with Crippen molar-refractivity contribution in [1.82, 2.24) is 4.90 Å². The standard InChI is InChI=1S/C14H18N2O/c1-2-4-13-10-15-14(9-12(13)3-1)11-16-5-7-17-8-6-16/h1-4,10,14H,5-9,11H2/t14-/m1/s1. The normalized spacial score (nSPS) is 24.6. The van der Waals surface area contributed by atoms with Crippen molar-refractivity contribution in [2.45, 2.75) is 12.5 Å². The summed E-state index contributed by atoms with van der Waals surface area (Å²) in [5.74, 6) is 0. The molecule has 1 aromatic carbocycles. The van der Waals surface area contributed by atoms with Crippen molar-refractivity contribution in [3.63, 3.8) is 0 Å². The maximum atomic E-state index is 5.37. The van der Waals surface area contributed by atoms with Gasteiger partial charge in [0.05, 0.1) is 19.3 Å². The van der Waals surface area contributed by atoms with Gasteiger partial charge in [0, 0.05) is 25.8 Å². The van der Waals surface area contributed by atoms with Gasteiger partial charge in [-0.05, 0) is 17.5 Å². The summed E-state index contributed by atoms with van der Waals surface area (Å²) in [5.41, 5.74) is 2.71. The van der Waals surface area contributed by atoms with Crippen molar-refractivity contribution < 1.29 is 4.74 Å². The molecule has 0 N–H and O–H groups in total. The van der Waals surface area contributed by atoms with Crippen molar-refractivity contribution in [2.75, 3.05) is 32.8 Å². The van der Waals surface area contributed by atoms with Crippen LogP contribution in [0, 0.1) is 0 Å².